The standard InChI is InChI=1S/C11H17BrN4/c1-16(7-9-2-4-13-5-3-9)11-10(12)6-14-8-15-11/h6,8-9,13H,2-5,7H2,1H3. The number of aromatic nitrogens is 2. The summed E-state index contributed by atoms with van der Waals surface area (Å²) in [7, 11) is 2.09. The summed E-state index contributed by atoms with van der Waals surface area (Å²) in [5.74, 6) is 1.75. The Balaban J connectivity index is 1.96. The lowest BCUT2D eigenvalue weighted by molar-refractivity contribution is 0.377. The van der Waals surface area contributed by atoms with E-state index in [1.165, 1.54) is 12.8 Å². The summed E-state index contributed by atoms with van der Waals surface area (Å²) in [6.07, 6.45) is 5.90. The van der Waals surface area contributed by atoms with Crippen molar-refractivity contribution in [3.63, 3.8) is 0 Å². The van der Waals surface area contributed by atoms with E-state index in [1.54, 1.807) is 12.5 Å². The molecule has 88 valence electrons. The van der Waals surface area contributed by atoms with Crippen molar-refractivity contribution in [3.05, 3.63) is 17.0 Å². The average molecular weight is 285 g/mol. The van der Waals surface area contributed by atoms with E-state index in [-0.39, 0.29) is 0 Å². The van der Waals surface area contributed by atoms with Gasteiger partial charge in [-0.1, -0.05) is 0 Å². The lowest BCUT2D eigenvalue weighted by Crippen LogP contribution is -2.34. The van der Waals surface area contributed by atoms with Gasteiger partial charge in [0.05, 0.1) is 4.47 Å². The van der Waals surface area contributed by atoms with Gasteiger partial charge in [0.15, 0.2) is 0 Å². The predicted molar refractivity (Wildman–Crippen MR) is 68.6 cm³/mol. The molecule has 0 radical (unpaired) electrons. The third kappa shape index (κ3) is 2.92. The number of piperidine rings is 1. The Bertz CT molecular complexity index is 339. The topological polar surface area (TPSA) is 41.0 Å². The normalized spacial score (nSPS) is 17.4. The summed E-state index contributed by atoms with van der Waals surface area (Å²) in [6.45, 7) is 3.35. The van der Waals surface area contributed by atoms with Gasteiger partial charge in [-0.05, 0) is 47.8 Å². The molecule has 0 aliphatic carbocycles. The molecule has 2 rings (SSSR count). The Labute approximate surface area is 105 Å². The molecule has 5 heteroatoms. The molecule has 0 saturated carbocycles. The Morgan fingerprint density at radius 1 is 1.50 bits per heavy atom. The molecule has 16 heavy (non-hydrogen) atoms. The fourth-order valence-corrected chi connectivity index (χ4v) is 2.65. The van der Waals surface area contributed by atoms with Crippen LogP contribution in [0.2, 0.25) is 0 Å². The van der Waals surface area contributed by atoms with E-state index in [0.29, 0.717) is 0 Å². The fraction of sp³-hybridized carbons (Fsp3) is 0.636. The van der Waals surface area contributed by atoms with E-state index in [9.17, 15) is 0 Å². The molecular formula is C11H17BrN4. The van der Waals surface area contributed by atoms with Crippen LogP contribution >= 0.6 is 15.9 Å². The van der Waals surface area contributed by atoms with Crippen LogP contribution in [-0.2, 0) is 0 Å². The molecule has 0 spiro atoms. The molecule has 2 heterocycles. The van der Waals surface area contributed by atoms with Crippen LogP contribution in [0.4, 0.5) is 5.82 Å². The van der Waals surface area contributed by atoms with Crippen molar-refractivity contribution in [2.45, 2.75) is 12.8 Å². The molecule has 1 aromatic rings. The molecule has 1 aliphatic heterocycles. The van der Waals surface area contributed by atoms with Gasteiger partial charge in [-0.15, -0.1) is 0 Å². The number of nitrogens with one attached hydrogen (secondary N) is 1. The zero-order valence-corrected chi connectivity index (χ0v) is 11.1. The number of rotatable bonds is 3. The molecule has 1 N–H and O–H groups in total. The van der Waals surface area contributed by atoms with Gasteiger partial charge in [0, 0.05) is 19.8 Å². The van der Waals surface area contributed by atoms with Crippen LogP contribution in [0, 0.1) is 5.92 Å². The molecule has 1 aliphatic rings. The Morgan fingerprint density at radius 3 is 2.94 bits per heavy atom. The fourth-order valence-electron chi connectivity index (χ4n) is 2.13. The van der Waals surface area contributed by atoms with E-state index in [4.69, 9.17) is 0 Å². The van der Waals surface area contributed by atoms with E-state index in [1.807, 2.05) is 0 Å². The summed E-state index contributed by atoms with van der Waals surface area (Å²) in [6, 6.07) is 0. The number of anilines is 1. The van der Waals surface area contributed by atoms with Crippen LogP contribution in [0.25, 0.3) is 0 Å². The van der Waals surface area contributed by atoms with Crippen LogP contribution in [0.1, 0.15) is 12.8 Å². The van der Waals surface area contributed by atoms with Crippen LogP contribution in [0.15, 0.2) is 17.0 Å². The Hall–Kier alpha value is -0.680. The van der Waals surface area contributed by atoms with Crippen molar-refractivity contribution in [1.29, 1.82) is 0 Å². The van der Waals surface area contributed by atoms with E-state index >= 15 is 0 Å². The first-order chi connectivity index (χ1) is 7.77. The van der Waals surface area contributed by atoms with Gasteiger partial charge in [-0.3, -0.25) is 0 Å². The zero-order chi connectivity index (χ0) is 11.4. The van der Waals surface area contributed by atoms with Gasteiger partial charge in [0.25, 0.3) is 0 Å². The van der Waals surface area contributed by atoms with E-state index in [2.05, 4.69) is 43.2 Å². The minimum atomic E-state index is 0.771. The molecule has 0 aromatic carbocycles. The van der Waals surface area contributed by atoms with E-state index < -0.39 is 0 Å². The molecule has 1 aromatic heterocycles. The molecule has 0 amide bonds. The molecule has 0 bridgehead atoms. The molecule has 4 nitrogen and oxygen atoms in total. The van der Waals surface area contributed by atoms with Crippen LogP contribution in [-0.4, -0.2) is 36.6 Å². The summed E-state index contributed by atoms with van der Waals surface area (Å²) in [5.41, 5.74) is 0. The maximum Gasteiger partial charge on any atom is 0.146 e. The van der Waals surface area contributed by atoms with Crippen molar-refractivity contribution >= 4 is 21.7 Å². The minimum absolute atomic E-state index is 0.771. The van der Waals surface area contributed by atoms with Crippen molar-refractivity contribution < 1.29 is 0 Å². The third-order valence-electron chi connectivity index (χ3n) is 3.00. The van der Waals surface area contributed by atoms with Gasteiger partial charge in [0.2, 0.25) is 0 Å². The monoisotopic (exact) mass is 284 g/mol. The van der Waals surface area contributed by atoms with E-state index in [0.717, 1.165) is 35.8 Å². The molecule has 0 unspecified atom stereocenters. The first-order valence-electron chi connectivity index (χ1n) is 5.64. The molecule has 1 saturated heterocycles. The summed E-state index contributed by atoms with van der Waals surface area (Å²) < 4.78 is 0.964. The Morgan fingerprint density at radius 2 is 2.25 bits per heavy atom. The van der Waals surface area contributed by atoms with Crippen molar-refractivity contribution in [2.75, 3.05) is 31.6 Å². The molecule has 0 atom stereocenters. The Kier molecular flexibility index (Phi) is 4.12. The first kappa shape index (κ1) is 11.8. The second-order valence-electron chi connectivity index (χ2n) is 4.27. The number of halogens is 1. The van der Waals surface area contributed by atoms with Gasteiger partial charge in [0.1, 0.15) is 12.1 Å². The van der Waals surface area contributed by atoms with Crippen molar-refractivity contribution in [3.8, 4) is 0 Å². The smallest absolute Gasteiger partial charge is 0.146 e. The predicted octanol–water partition coefficient (Wildman–Crippen LogP) is 1.67. The van der Waals surface area contributed by atoms with Crippen LogP contribution in [0.3, 0.4) is 0 Å². The summed E-state index contributed by atoms with van der Waals surface area (Å²) >= 11 is 3.48. The minimum Gasteiger partial charge on any atom is -0.358 e. The largest absolute Gasteiger partial charge is 0.358 e. The zero-order valence-electron chi connectivity index (χ0n) is 9.49. The second-order valence-corrected chi connectivity index (χ2v) is 5.12. The second kappa shape index (κ2) is 5.59. The number of hydrogen-bond donors (Lipinski definition) is 1. The quantitative estimate of drug-likeness (QED) is 0.917. The van der Waals surface area contributed by atoms with Crippen LogP contribution < -0.4 is 10.2 Å². The van der Waals surface area contributed by atoms with Crippen molar-refractivity contribution in [2.24, 2.45) is 5.92 Å². The van der Waals surface area contributed by atoms with Gasteiger partial charge in [-0.2, -0.15) is 0 Å². The van der Waals surface area contributed by atoms with Gasteiger partial charge >= 0.3 is 0 Å². The molecule has 1 fully saturated rings. The highest BCUT2D eigenvalue weighted by atomic mass is 79.9. The number of nitrogens with zero attached hydrogens (tertiary/aromatic N) is 3. The summed E-state index contributed by atoms with van der Waals surface area (Å²) in [5, 5.41) is 3.39. The highest BCUT2D eigenvalue weighted by Crippen LogP contribution is 2.23. The van der Waals surface area contributed by atoms with Gasteiger partial charge < -0.3 is 10.2 Å². The number of hydrogen-bond acceptors (Lipinski definition) is 4. The summed E-state index contributed by atoms with van der Waals surface area (Å²) in [4.78, 5) is 10.5. The maximum absolute atomic E-state index is 4.30. The van der Waals surface area contributed by atoms with Gasteiger partial charge in [-0.25, -0.2) is 9.97 Å². The highest BCUT2D eigenvalue weighted by Gasteiger charge is 2.16. The van der Waals surface area contributed by atoms with Crippen LogP contribution in [0.5, 0.6) is 0 Å². The third-order valence-corrected chi connectivity index (χ3v) is 3.56. The average Bonchev–Trinajstić information content (AvgIpc) is 2.31. The van der Waals surface area contributed by atoms with Crippen molar-refractivity contribution in [1.82, 2.24) is 15.3 Å². The molecular weight excluding hydrogens is 268 g/mol. The lowest BCUT2D eigenvalue weighted by Gasteiger charge is -2.28. The highest BCUT2D eigenvalue weighted by molar-refractivity contribution is 9.10. The lowest BCUT2D eigenvalue weighted by atomic mass is 9.98. The maximum atomic E-state index is 4.30. The first-order valence-corrected chi connectivity index (χ1v) is 6.44. The SMILES string of the molecule is CN(CC1CCNCC1)c1ncncc1Br.